The van der Waals surface area contributed by atoms with Gasteiger partial charge in [0.2, 0.25) is 0 Å². The normalized spacial score (nSPS) is 38.6. The Bertz CT molecular complexity index is 333. The van der Waals surface area contributed by atoms with Gasteiger partial charge in [-0.25, -0.2) is 8.78 Å². The van der Waals surface area contributed by atoms with Gasteiger partial charge in [-0.2, -0.15) is 8.78 Å². The number of ether oxygens (including phenoxy) is 2. The zero-order chi connectivity index (χ0) is 17.6. The van der Waals surface area contributed by atoms with Crippen LogP contribution in [0.3, 0.4) is 0 Å². The molecule has 0 aromatic heterocycles. The first-order chi connectivity index (χ1) is 10.8. The van der Waals surface area contributed by atoms with E-state index < -0.39 is 36.6 Å². The molecule has 0 aliphatic heterocycles. The highest BCUT2D eigenvalue weighted by Gasteiger charge is 2.54. The van der Waals surface area contributed by atoms with Crippen molar-refractivity contribution in [3.05, 3.63) is 0 Å². The molecule has 138 valence electrons. The van der Waals surface area contributed by atoms with Crippen LogP contribution in [0.5, 0.6) is 0 Å². The van der Waals surface area contributed by atoms with E-state index >= 15 is 0 Å². The summed E-state index contributed by atoms with van der Waals surface area (Å²) in [6.07, 6.45) is -6.64. The van der Waals surface area contributed by atoms with Gasteiger partial charge in [0, 0.05) is 7.11 Å². The van der Waals surface area contributed by atoms with Gasteiger partial charge in [-0.1, -0.05) is 20.8 Å². The van der Waals surface area contributed by atoms with Crippen molar-refractivity contribution < 1.29 is 27.0 Å². The highest BCUT2D eigenvalue weighted by Crippen LogP contribution is 2.43. The average molecular weight is 342 g/mol. The number of halogens is 4. The second-order valence-corrected chi connectivity index (χ2v) is 6.41. The van der Waals surface area contributed by atoms with E-state index in [0.717, 1.165) is 12.8 Å². The number of methoxy groups -OCH3 is 1. The van der Waals surface area contributed by atoms with Crippen LogP contribution in [0.1, 0.15) is 59.3 Å². The highest BCUT2D eigenvalue weighted by molar-refractivity contribution is 4.92. The van der Waals surface area contributed by atoms with E-state index in [9.17, 15) is 17.6 Å². The summed E-state index contributed by atoms with van der Waals surface area (Å²) in [5.41, 5.74) is 0. The number of alkyl halides is 4. The van der Waals surface area contributed by atoms with Crippen LogP contribution >= 0.6 is 0 Å². The third-order valence-electron chi connectivity index (χ3n) is 4.83. The molecule has 0 N–H and O–H groups in total. The number of hydrogen-bond donors (Lipinski definition) is 0. The number of hydrogen-bond acceptors (Lipinski definition) is 2. The Morgan fingerprint density at radius 3 is 1.96 bits per heavy atom. The summed E-state index contributed by atoms with van der Waals surface area (Å²) in [7, 11) is 1.27. The predicted molar refractivity (Wildman–Crippen MR) is 82.1 cm³/mol. The van der Waals surface area contributed by atoms with Crippen molar-refractivity contribution in [2.75, 3.05) is 7.11 Å². The molecule has 0 aromatic carbocycles. The molecule has 0 aromatic rings. The molecule has 0 amide bonds. The first-order valence-corrected chi connectivity index (χ1v) is 8.71. The summed E-state index contributed by atoms with van der Waals surface area (Å²) in [5.74, 6) is -1.21. The molecular formula is C17H30F4O2. The Morgan fingerprint density at radius 2 is 1.43 bits per heavy atom. The fraction of sp³-hybridized carbons (Fsp3) is 1.00. The van der Waals surface area contributed by atoms with Gasteiger partial charge in [0.25, 0.3) is 0 Å². The summed E-state index contributed by atoms with van der Waals surface area (Å²) in [4.78, 5) is 0. The standard InChI is InChI=1S/C15H24F4O2.C2H6/c1-9-3-5-10(6-4-9)21-15(18,19)11-7-8-12(20-2)14(17)13(11)16;1-2/h9-14H,3-8H2,1-2H3;1-2H3. The molecule has 4 unspecified atom stereocenters. The Balaban J connectivity index is 0.00000127. The zero-order valence-electron chi connectivity index (χ0n) is 14.5. The van der Waals surface area contributed by atoms with Crippen molar-refractivity contribution in [2.24, 2.45) is 11.8 Å². The molecule has 6 heteroatoms. The molecule has 2 aliphatic carbocycles. The predicted octanol–water partition coefficient (Wildman–Crippen LogP) is 5.30. The summed E-state index contributed by atoms with van der Waals surface area (Å²) in [5, 5.41) is 0. The van der Waals surface area contributed by atoms with Crippen LogP contribution in [0.25, 0.3) is 0 Å². The van der Waals surface area contributed by atoms with Gasteiger partial charge in [0.15, 0.2) is 6.17 Å². The van der Waals surface area contributed by atoms with Crippen molar-refractivity contribution in [3.63, 3.8) is 0 Å². The summed E-state index contributed by atoms with van der Waals surface area (Å²) < 4.78 is 65.8. The fourth-order valence-corrected chi connectivity index (χ4v) is 3.35. The average Bonchev–Trinajstić information content (AvgIpc) is 2.53. The quantitative estimate of drug-likeness (QED) is 0.645. The molecule has 2 rings (SSSR count). The number of rotatable bonds is 4. The smallest absolute Gasteiger partial charge is 0.361 e. The van der Waals surface area contributed by atoms with E-state index in [0.29, 0.717) is 18.8 Å². The third kappa shape index (κ3) is 5.31. The van der Waals surface area contributed by atoms with Crippen molar-refractivity contribution >= 4 is 0 Å². The van der Waals surface area contributed by atoms with Gasteiger partial charge in [0.05, 0.1) is 18.1 Å². The second kappa shape index (κ2) is 9.21. The highest BCUT2D eigenvalue weighted by atomic mass is 19.3. The largest absolute Gasteiger partial charge is 0.378 e. The van der Waals surface area contributed by atoms with Crippen LogP contribution in [0.2, 0.25) is 0 Å². The van der Waals surface area contributed by atoms with E-state index in [1.165, 1.54) is 7.11 Å². The molecule has 2 fully saturated rings. The van der Waals surface area contributed by atoms with Gasteiger partial charge in [-0.15, -0.1) is 0 Å². The van der Waals surface area contributed by atoms with Gasteiger partial charge in [0.1, 0.15) is 6.17 Å². The molecule has 2 aliphatic rings. The Kier molecular flexibility index (Phi) is 8.28. The van der Waals surface area contributed by atoms with Crippen molar-refractivity contribution in [3.8, 4) is 0 Å². The minimum Gasteiger partial charge on any atom is -0.378 e. The molecule has 0 saturated heterocycles. The summed E-state index contributed by atoms with van der Waals surface area (Å²) >= 11 is 0. The summed E-state index contributed by atoms with van der Waals surface area (Å²) in [6, 6.07) is 0. The van der Waals surface area contributed by atoms with Crippen molar-refractivity contribution in [1.82, 2.24) is 0 Å². The zero-order valence-corrected chi connectivity index (χ0v) is 14.5. The van der Waals surface area contributed by atoms with E-state index in [2.05, 4.69) is 6.92 Å². The maximum Gasteiger partial charge on any atom is 0.361 e. The van der Waals surface area contributed by atoms with Gasteiger partial charge in [-0.3, -0.25) is 0 Å². The monoisotopic (exact) mass is 342 g/mol. The minimum atomic E-state index is -3.62. The SMILES string of the molecule is CC.COC1CCC(C(F)(F)OC2CCC(C)CC2)C(F)C1F. The lowest BCUT2D eigenvalue weighted by Gasteiger charge is -2.39. The van der Waals surface area contributed by atoms with E-state index in [4.69, 9.17) is 9.47 Å². The van der Waals surface area contributed by atoms with E-state index in [1.54, 1.807) is 0 Å². The lowest BCUT2D eigenvalue weighted by Crippen LogP contribution is -2.50. The Hall–Kier alpha value is -0.360. The second-order valence-electron chi connectivity index (χ2n) is 6.41. The maximum atomic E-state index is 14.2. The molecule has 23 heavy (non-hydrogen) atoms. The molecule has 0 spiro atoms. The van der Waals surface area contributed by atoms with Crippen molar-refractivity contribution in [1.29, 1.82) is 0 Å². The van der Waals surface area contributed by atoms with E-state index in [-0.39, 0.29) is 12.8 Å². The van der Waals surface area contributed by atoms with Crippen LogP contribution in [0.15, 0.2) is 0 Å². The third-order valence-corrected chi connectivity index (χ3v) is 4.83. The van der Waals surface area contributed by atoms with Crippen LogP contribution in [0, 0.1) is 11.8 Å². The van der Waals surface area contributed by atoms with Gasteiger partial charge in [-0.05, 0) is 44.4 Å². The Morgan fingerprint density at radius 1 is 0.870 bits per heavy atom. The molecule has 2 nitrogen and oxygen atoms in total. The molecule has 0 heterocycles. The topological polar surface area (TPSA) is 18.5 Å². The lowest BCUT2D eigenvalue weighted by atomic mass is 9.83. The molecule has 0 bridgehead atoms. The van der Waals surface area contributed by atoms with Crippen LogP contribution < -0.4 is 0 Å². The molecular weight excluding hydrogens is 312 g/mol. The Labute approximate surface area is 136 Å². The van der Waals surface area contributed by atoms with Crippen LogP contribution in [-0.2, 0) is 9.47 Å². The molecule has 0 radical (unpaired) electrons. The first kappa shape index (κ1) is 20.7. The molecule has 4 atom stereocenters. The molecule has 2 saturated carbocycles. The van der Waals surface area contributed by atoms with Gasteiger partial charge >= 0.3 is 6.11 Å². The summed E-state index contributed by atoms with van der Waals surface area (Å²) in [6.45, 7) is 6.08. The fourth-order valence-electron chi connectivity index (χ4n) is 3.35. The van der Waals surface area contributed by atoms with Crippen molar-refractivity contribution in [2.45, 2.75) is 90.0 Å². The first-order valence-electron chi connectivity index (χ1n) is 8.71. The van der Waals surface area contributed by atoms with Crippen LogP contribution in [-0.4, -0.2) is 37.8 Å². The lowest BCUT2D eigenvalue weighted by molar-refractivity contribution is -0.315. The van der Waals surface area contributed by atoms with Gasteiger partial charge < -0.3 is 9.47 Å². The maximum absolute atomic E-state index is 14.2. The minimum absolute atomic E-state index is 0.0867. The van der Waals surface area contributed by atoms with E-state index in [1.807, 2.05) is 13.8 Å². The van der Waals surface area contributed by atoms with Crippen LogP contribution in [0.4, 0.5) is 17.6 Å².